The van der Waals surface area contributed by atoms with E-state index < -0.39 is 0 Å². The minimum Gasteiger partial charge on any atom is -0.396 e. The molecule has 1 aliphatic rings. The van der Waals surface area contributed by atoms with E-state index in [0.717, 1.165) is 32.2 Å². The highest BCUT2D eigenvalue weighted by molar-refractivity contribution is 5.75. The van der Waals surface area contributed by atoms with Crippen LogP contribution in [-0.2, 0) is 4.79 Å². The van der Waals surface area contributed by atoms with Crippen molar-refractivity contribution in [2.24, 2.45) is 11.8 Å². The molecular weight excluding hydrogens is 226 g/mol. The van der Waals surface area contributed by atoms with Crippen molar-refractivity contribution in [3.63, 3.8) is 0 Å². The van der Waals surface area contributed by atoms with Gasteiger partial charge < -0.3 is 10.4 Å². The molecule has 1 fully saturated rings. The van der Waals surface area contributed by atoms with Crippen LogP contribution in [0.2, 0.25) is 0 Å². The zero-order valence-electron chi connectivity index (χ0n) is 11.8. The zero-order valence-corrected chi connectivity index (χ0v) is 11.8. The molecule has 1 aliphatic carbocycles. The maximum atomic E-state index is 11.7. The summed E-state index contributed by atoms with van der Waals surface area (Å²) in [6.45, 7) is 3.22. The molecule has 0 radical (unpaired) electrons. The predicted molar refractivity (Wildman–Crippen MR) is 74.3 cm³/mol. The first kappa shape index (κ1) is 15.5. The standard InChI is InChI=1S/C15H29NO2/c1-2-3-4-5-10-15(18)16-11-13-8-6-7-9-14(13)12-17/h13-14,17H,2-12H2,1H3,(H,16,18). The molecule has 0 saturated heterocycles. The summed E-state index contributed by atoms with van der Waals surface area (Å²) >= 11 is 0. The molecule has 0 aromatic heterocycles. The average Bonchev–Trinajstić information content (AvgIpc) is 2.41. The highest BCUT2D eigenvalue weighted by Gasteiger charge is 2.24. The summed E-state index contributed by atoms with van der Waals surface area (Å²) in [5.41, 5.74) is 0. The number of carbonyl (C=O) groups excluding carboxylic acids is 1. The number of aliphatic hydroxyl groups excluding tert-OH is 1. The van der Waals surface area contributed by atoms with Crippen LogP contribution < -0.4 is 5.32 Å². The van der Waals surface area contributed by atoms with E-state index in [1.165, 1.54) is 25.7 Å². The second-order valence-electron chi connectivity index (χ2n) is 5.60. The Morgan fingerprint density at radius 3 is 2.56 bits per heavy atom. The number of nitrogens with one attached hydrogen (secondary N) is 1. The van der Waals surface area contributed by atoms with E-state index in [1.54, 1.807) is 0 Å². The third kappa shape index (κ3) is 5.85. The Balaban J connectivity index is 2.12. The summed E-state index contributed by atoms with van der Waals surface area (Å²) in [6, 6.07) is 0. The fourth-order valence-electron chi connectivity index (χ4n) is 2.84. The average molecular weight is 255 g/mol. The Bertz CT molecular complexity index is 231. The monoisotopic (exact) mass is 255 g/mol. The van der Waals surface area contributed by atoms with Gasteiger partial charge in [-0.2, -0.15) is 0 Å². The number of rotatable bonds is 8. The van der Waals surface area contributed by atoms with Gasteiger partial charge >= 0.3 is 0 Å². The minimum absolute atomic E-state index is 0.188. The fourth-order valence-corrected chi connectivity index (χ4v) is 2.84. The Morgan fingerprint density at radius 2 is 1.89 bits per heavy atom. The highest BCUT2D eigenvalue weighted by Crippen LogP contribution is 2.29. The zero-order chi connectivity index (χ0) is 13.2. The quantitative estimate of drug-likeness (QED) is 0.655. The van der Waals surface area contributed by atoms with Crippen LogP contribution in [0.5, 0.6) is 0 Å². The summed E-state index contributed by atoms with van der Waals surface area (Å²) in [7, 11) is 0. The van der Waals surface area contributed by atoms with Gasteiger partial charge in [-0.3, -0.25) is 4.79 Å². The van der Waals surface area contributed by atoms with Crippen molar-refractivity contribution in [3.8, 4) is 0 Å². The van der Waals surface area contributed by atoms with Crippen LogP contribution in [0.4, 0.5) is 0 Å². The highest BCUT2D eigenvalue weighted by atomic mass is 16.3. The van der Waals surface area contributed by atoms with Crippen LogP contribution in [0.25, 0.3) is 0 Å². The molecule has 1 amide bonds. The van der Waals surface area contributed by atoms with Crippen molar-refractivity contribution >= 4 is 5.91 Å². The van der Waals surface area contributed by atoms with E-state index in [4.69, 9.17) is 0 Å². The van der Waals surface area contributed by atoms with Gasteiger partial charge in [-0.15, -0.1) is 0 Å². The first-order chi connectivity index (χ1) is 8.77. The molecule has 0 heterocycles. The van der Waals surface area contributed by atoms with Gasteiger partial charge in [-0.1, -0.05) is 39.0 Å². The number of carbonyl (C=O) groups is 1. The predicted octanol–water partition coefficient (Wildman–Crippen LogP) is 2.87. The molecule has 106 valence electrons. The molecule has 0 aromatic carbocycles. The molecule has 0 bridgehead atoms. The summed E-state index contributed by atoms with van der Waals surface area (Å²) in [4.78, 5) is 11.7. The lowest BCUT2D eigenvalue weighted by molar-refractivity contribution is -0.121. The normalized spacial score (nSPS) is 23.9. The Kier molecular flexibility index (Phi) is 8.06. The number of hydrogen-bond donors (Lipinski definition) is 2. The first-order valence-corrected chi connectivity index (χ1v) is 7.65. The molecule has 0 aliphatic heterocycles. The maximum absolute atomic E-state index is 11.7. The lowest BCUT2D eigenvalue weighted by Gasteiger charge is -2.30. The van der Waals surface area contributed by atoms with E-state index in [1.807, 2.05) is 0 Å². The van der Waals surface area contributed by atoms with Crippen molar-refractivity contribution in [2.75, 3.05) is 13.2 Å². The molecule has 1 saturated carbocycles. The van der Waals surface area contributed by atoms with Crippen LogP contribution >= 0.6 is 0 Å². The largest absolute Gasteiger partial charge is 0.396 e. The van der Waals surface area contributed by atoms with Crippen LogP contribution in [0.15, 0.2) is 0 Å². The smallest absolute Gasteiger partial charge is 0.220 e. The molecule has 3 heteroatoms. The van der Waals surface area contributed by atoms with Crippen LogP contribution in [0, 0.1) is 11.8 Å². The van der Waals surface area contributed by atoms with E-state index in [-0.39, 0.29) is 12.5 Å². The number of unbranched alkanes of at least 4 members (excludes halogenated alkanes) is 3. The Hall–Kier alpha value is -0.570. The second kappa shape index (κ2) is 9.37. The van der Waals surface area contributed by atoms with Crippen LogP contribution in [0.3, 0.4) is 0 Å². The summed E-state index contributed by atoms with van der Waals surface area (Å²) < 4.78 is 0. The van der Waals surface area contributed by atoms with Crippen LogP contribution in [0.1, 0.15) is 64.7 Å². The molecule has 0 aromatic rings. The number of aliphatic hydroxyl groups is 1. The first-order valence-electron chi connectivity index (χ1n) is 7.65. The lowest BCUT2D eigenvalue weighted by Crippen LogP contribution is -2.35. The van der Waals surface area contributed by atoms with Crippen molar-refractivity contribution < 1.29 is 9.90 Å². The fraction of sp³-hybridized carbons (Fsp3) is 0.933. The van der Waals surface area contributed by atoms with E-state index in [9.17, 15) is 9.90 Å². The Morgan fingerprint density at radius 1 is 1.17 bits per heavy atom. The molecule has 18 heavy (non-hydrogen) atoms. The van der Waals surface area contributed by atoms with E-state index in [0.29, 0.717) is 18.3 Å². The van der Waals surface area contributed by atoms with Gasteiger partial charge in [0.1, 0.15) is 0 Å². The molecule has 3 nitrogen and oxygen atoms in total. The third-order valence-electron chi connectivity index (χ3n) is 4.12. The summed E-state index contributed by atoms with van der Waals surface area (Å²) in [6.07, 6.45) is 10.0. The van der Waals surface area contributed by atoms with Gasteiger partial charge in [0.25, 0.3) is 0 Å². The molecule has 2 unspecified atom stereocenters. The Labute approximate surface area is 111 Å². The number of amides is 1. The SMILES string of the molecule is CCCCCCC(=O)NCC1CCCCC1CO. The van der Waals surface area contributed by atoms with Crippen LogP contribution in [-0.4, -0.2) is 24.2 Å². The van der Waals surface area contributed by atoms with Crippen molar-refractivity contribution in [1.29, 1.82) is 0 Å². The van der Waals surface area contributed by atoms with Gasteiger partial charge in [0, 0.05) is 19.6 Å². The van der Waals surface area contributed by atoms with E-state index in [2.05, 4.69) is 12.2 Å². The van der Waals surface area contributed by atoms with Gasteiger partial charge in [0.15, 0.2) is 0 Å². The lowest BCUT2D eigenvalue weighted by atomic mass is 9.79. The third-order valence-corrected chi connectivity index (χ3v) is 4.12. The van der Waals surface area contributed by atoms with Gasteiger partial charge in [-0.25, -0.2) is 0 Å². The van der Waals surface area contributed by atoms with Crippen molar-refractivity contribution in [2.45, 2.75) is 64.7 Å². The topological polar surface area (TPSA) is 49.3 Å². The molecule has 2 N–H and O–H groups in total. The van der Waals surface area contributed by atoms with E-state index >= 15 is 0 Å². The van der Waals surface area contributed by atoms with Crippen molar-refractivity contribution in [1.82, 2.24) is 5.32 Å². The molecule has 2 atom stereocenters. The van der Waals surface area contributed by atoms with Gasteiger partial charge in [0.2, 0.25) is 5.91 Å². The van der Waals surface area contributed by atoms with Gasteiger partial charge in [0.05, 0.1) is 0 Å². The molecule has 0 spiro atoms. The number of hydrogen-bond acceptors (Lipinski definition) is 2. The molecule has 1 rings (SSSR count). The minimum atomic E-state index is 0.188. The van der Waals surface area contributed by atoms with Gasteiger partial charge in [-0.05, 0) is 31.1 Å². The second-order valence-corrected chi connectivity index (χ2v) is 5.60. The molecular formula is C15H29NO2. The summed E-state index contributed by atoms with van der Waals surface area (Å²) in [5, 5.41) is 12.4. The summed E-state index contributed by atoms with van der Waals surface area (Å²) in [5.74, 6) is 1.08. The maximum Gasteiger partial charge on any atom is 0.220 e. The van der Waals surface area contributed by atoms with Crippen molar-refractivity contribution in [3.05, 3.63) is 0 Å².